The number of aromatic nitrogens is 2. The Kier molecular flexibility index (Phi) is 9.78. The van der Waals surface area contributed by atoms with E-state index in [9.17, 15) is 10.1 Å². The summed E-state index contributed by atoms with van der Waals surface area (Å²) in [6.45, 7) is 2.63. The first-order valence-corrected chi connectivity index (χ1v) is 13.3. The molecule has 2 aromatic heterocycles. The molecule has 4 rings (SSSR count). The van der Waals surface area contributed by atoms with Gasteiger partial charge in [-0.1, -0.05) is 29.3 Å². The molecular formula is C29H27Cl2FN6O3. The number of carbonyl (C=O) groups excluding carboxylic acids is 1. The largest absolute Gasteiger partial charge is 0.491 e. The molecule has 2 aromatic carbocycles. The van der Waals surface area contributed by atoms with Crippen LogP contribution in [0.4, 0.5) is 21.5 Å². The summed E-state index contributed by atoms with van der Waals surface area (Å²) in [5.41, 5.74) is 2.15. The van der Waals surface area contributed by atoms with Gasteiger partial charge >= 0.3 is 0 Å². The molecule has 2 N–H and O–H groups in total. The summed E-state index contributed by atoms with van der Waals surface area (Å²) in [6.07, 6.45) is 2.18. The maximum Gasteiger partial charge on any atom is 0.221 e. The molecular weight excluding hydrogens is 570 g/mol. The molecule has 212 valence electrons. The van der Waals surface area contributed by atoms with E-state index in [1.165, 1.54) is 25.3 Å². The fourth-order valence-corrected chi connectivity index (χ4v) is 4.34. The lowest BCUT2D eigenvalue weighted by Crippen LogP contribution is -2.16. The molecule has 0 aliphatic carbocycles. The molecule has 4 aromatic rings. The van der Waals surface area contributed by atoms with Gasteiger partial charge in [-0.3, -0.25) is 9.78 Å². The van der Waals surface area contributed by atoms with Gasteiger partial charge in [0.15, 0.2) is 11.6 Å². The minimum atomic E-state index is -0.678. The van der Waals surface area contributed by atoms with Gasteiger partial charge in [-0.15, -0.1) is 0 Å². The van der Waals surface area contributed by atoms with Gasteiger partial charge in [0.2, 0.25) is 5.91 Å². The van der Waals surface area contributed by atoms with Crippen molar-refractivity contribution in [1.82, 2.24) is 14.9 Å². The molecule has 0 aliphatic rings. The number of halogens is 3. The smallest absolute Gasteiger partial charge is 0.221 e. The van der Waals surface area contributed by atoms with Gasteiger partial charge < -0.3 is 25.0 Å². The normalized spacial score (nSPS) is 10.9. The molecule has 0 bridgehead atoms. The van der Waals surface area contributed by atoms with Gasteiger partial charge in [-0.05, 0) is 38.7 Å². The van der Waals surface area contributed by atoms with Crippen LogP contribution < -0.4 is 20.1 Å². The zero-order valence-corrected chi connectivity index (χ0v) is 24.1. The molecule has 0 spiro atoms. The highest BCUT2D eigenvalue weighted by molar-refractivity contribution is 6.33. The maximum atomic E-state index is 15.1. The van der Waals surface area contributed by atoms with Crippen LogP contribution in [0.25, 0.3) is 10.9 Å². The second-order valence-corrected chi connectivity index (χ2v) is 10.1. The highest BCUT2D eigenvalue weighted by atomic mass is 35.5. The van der Waals surface area contributed by atoms with Crippen LogP contribution in [0.15, 0.2) is 48.7 Å². The van der Waals surface area contributed by atoms with E-state index in [2.05, 4.69) is 26.7 Å². The lowest BCUT2D eigenvalue weighted by Gasteiger charge is -2.17. The van der Waals surface area contributed by atoms with E-state index < -0.39 is 5.82 Å². The van der Waals surface area contributed by atoms with Gasteiger partial charge in [-0.25, -0.2) is 9.37 Å². The van der Waals surface area contributed by atoms with Crippen molar-refractivity contribution < 1.29 is 18.7 Å². The number of ether oxygens (including phenoxy) is 2. The molecule has 0 unspecified atom stereocenters. The van der Waals surface area contributed by atoms with Gasteiger partial charge in [0.1, 0.15) is 23.6 Å². The van der Waals surface area contributed by atoms with Gasteiger partial charge in [-0.2, -0.15) is 5.26 Å². The molecule has 9 nitrogen and oxygen atoms in total. The average molecular weight is 597 g/mol. The second kappa shape index (κ2) is 13.5. The average Bonchev–Trinajstić information content (AvgIpc) is 2.92. The summed E-state index contributed by atoms with van der Waals surface area (Å²) in [7, 11) is 3.95. The van der Waals surface area contributed by atoms with Crippen LogP contribution in [-0.4, -0.2) is 48.0 Å². The zero-order valence-electron chi connectivity index (χ0n) is 22.6. The molecule has 0 saturated heterocycles. The second-order valence-electron chi connectivity index (χ2n) is 9.34. The summed E-state index contributed by atoms with van der Waals surface area (Å²) >= 11 is 12.4. The van der Waals surface area contributed by atoms with E-state index >= 15 is 4.39 Å². The number of rotatable bonds is 11. The van der Waals surface area contributed by atoms with Gasteiger partial charge in [0.25, 0.3) is 0 Å². The van der Waals surface area contributed by atoms with E-state index in [4.69, 9.17) is 32.7 Å². The first kappa shape index (κ1) is 29.8. The first-order chi connectivity index (χ1) is 19.6. The highest BCUT2D eigenvalue weighted by Crippen LogP contribution is 2.38. The summed E-state index contributed by atoms with van der Waals surface area (Å²) in [5.74, 6) is -0.612. The van der Waals surface area contributed by atoms with E-state index in [1.54, 1.807) is 30.3 Å². The Morgan fingerprint density at radius 3 is 2.63 bits per heavy atom. The highest BCUT2D eigenvalue weighted by Gasteiger charge is 2.17. The lowest BCUT2D eigenvalue weighted by molar-refractivity contribution is -0.114. The molecule has 0 aliphatic heterocycles. The van der Waals surface area contributed by atoms with Crippen molar-refractivity contribution in [2.45, 2.75) is 20.0 Å². The number of anilines is 3. The quantitative estimate of drug-likeness (QED) is 0.148. The van der Waals surface area contributed by atoms with E-state index in [1.807, 2.05) is 19.0 Å². The fourth-order valence-electron chi connectivity index (χ4n) is 3.96. The standard InChI is InChI=1S/C29H27Cl2FN6O3/c1-17(39)35-25-10-20-23(13-27(25)40-9-5-8-38(2)3)34-15-18(14-33)29(20)37-24-12-22(32)26(11-21(24)30)41-16-19-6-4-7-28(31)36-19/h4,6-7,10-13,15H,5,8-9,16H2,1-3H3,(H,34,37)(H,35,39). The molecule has 2 heterocycles. The molecule has 1 amide bonds. The van der Waals surface area contributed by atoms with Crippen molar-refractivity contribution in [2.24, 2.45) is 0 Å². The third kappa shape index (κ3) is 7.73. The molecule has 0 saturated carbocycles. The number of nitrogens with zero attached hydrogens (tertiary/aromatic N) is 4. The van der Waals surface area contributed by atoms with E-state index in [0.29, 0.717) is 45.5 Å². The molecule has 0 atom stereocenters. The summed E-state index contributed by atoms with van der Waals surface area (Å²) in [5, 5.41) is 16.6. The van der Waals surface area contributed by atoms with E-state index in [-0.39, 0.29) is 34.5 Å². The number of nitrogens with one attached hydrogen (secondary N) is 2. The van der Waals surface area contributed by atoms with Crippen molar-refractivity contribution in [2.75, 3.05) is 37.9 Å². The third-order valence-corrected chi connectivity index (χ3v) is 6.36. The van der Waals surface area contributed by atoms with Crippen molar-refractivity contribution in [3.05, 3.63) is 75.9 Å². The fraction of sp³-hybridized carbons (Fsp3) is 0.241. The molecule has 12 heteroatoms. The summed E-state index contributed by atoms with van der Waals surface area (Å²) < 4.78 is 26.6. The van der Waals surface area contributed by atoms with Crippen LogP contribution in [0.5, 0.6) is 11.5 Å². The Morgan fingerprint density at radius 1 is 1.12 bits per heavy atom. The predicted octanol–water partition coefficient (Wildman–Crippen LogP) is 6.56. The zero-order chi connectivity index (χ0) is 29.5. The number of pyridine rings is 2. The van der Waals surface area contributed by atoms with Crippen molar-refractivity contribution >= 4 is 57.1 Å². The minimum Gasteiger partial charge on any atom is -0.491 e. The number of fused-ring (bicyclic) bond motifs is 1. The molecule has 41 heavy (non-hydrogen) atoms. The SMILES string of the molecule is CC(=O)Nc1cc2c(Nc3cc(F)c(OCc4cccc(Cl)n4)cc3Cl)c(C#N)cnc2cc1OCCCN(C)C. The van der Waals surface area contributed by atoms with Gasteiger partial charge in [0.05, 0.1) is 45.5 Å². The molecule has 0 radical (unpaired) electrons. The van der Waals surface area contributed by atoms with Crippen LogP contribution in [0.1, 0.15) is 24.6 Å². The van der Waals surface area contributed by atoms with Gasteiger partial charge in [0, 0.05) is 43.3 Å². The minimum absolute atomic E-state index is 0.0143. The first-order valence-electron chi connectivity index (χ1n) is 12.6. The number of benzene rings is 2. The number of hydrogen-bond donors (Lipinski definition) is 2. The third-order valence-electron chi connectivity index (χ3n) is 5.84. The Hall–Kier alpha value is -4.17. The summed E-state index contributed by atoms with van der Waals surface area (Å²) in [6, 6.07) is 13.0. The van der Waals surface area contributed by atoms with Crippen molar-refractivity contribution in [3.8, 4) is 17.6 Å². The van der Waals surface area contributed by atoms with Crippen molar-refractivity contribution in [3.63, 3.8) is 0 Å². The number of carbonyl (C=O) groups is 1. The van der Waals surface area contributed by atoms with Crippen molar-refractivity contribution in [1.29, 1.82) is 5.26 Å². The number of amides is 1. The Balaban J connectivity index is 1.66. The Morgan fingerprint density at radius 2 is 1.93 bits per heavy atom. The van der Waals surface area contributed by atoms with Crippen LogP contribution >= 0.6 is 23.2 Å². The maximum absolute atomic E-state index is 15.1. The number of nitriles is 1. The topological polar surface area (TPSA) is 112 Å². The monoisotopic (exact) mass is 596 g/mol. The number of hydrogen-bond acceptors (Lipinski definition) is 8. The van der Waals surface area contributed by atoms with E-state index in [0.717, 1.165) is 13.0 Å². The van der Waals surface area contributed by atoms with Crippen LogP contribution in [-0.2, 0) is 11.4 Å². The lowest BCUT2D eigenvalue weighted by atomic mass is 10.1. The molecule has 0 fully saturated rings. The van der Waals surface area contributed by atoms with Crippen LogP contribution in [0, 0.1) is 17.1 Å². The summed E-state index contributed by atoms with van der Waals surface area (Å²) in [4.78, 5) is 22.5. The Labute approximate surface area is 246 Å². The Bertz CT molecular complexity index is 1630. The van der Waals surface area contributed by atoms with Crippen LogP contribution in [0.3, 0.4) is 0 Å². The predicted molar refractivity (Wildman–Crippen MR) is 158 cm³/mol. The van der Waals surface area contributed by atoms with Crippen LogP contribution in [0.2, 0.25) is 10.2 Å².